The van der Waals surface area contributed by atoms with E-state index in [1.165, 1.54) is 0 Å². The second-order valence-corrected chi connectivity index (χ2v) is 5.71. The summed E-state index contributed by atoms with van der Waals surface area (Å²) in [6, 6.07) is 12.6. The van der Waals surface area contributed by atoms with Gasteiger partial charge in [-0.05, 0) is 43.2 Å². The molecule has 0 aliphatic rings. The predicted octanol–water partition coefficient (Wildman–Crippen LogP) is 4.17. The van der Waals surface area contributed by atoms with Crippen LogP contribution in [-0.4, -0.2) is 18.7 Å². The standard InChI is InChI=1S/C18H20F3N3O/c1-12-4-3-5-15(8-12)24-17(22)23-10-14-7-6-13(2)9-16(14)25-11-18(19,20)21/h3-9H,10-11H2,1-2H3,(H3,22,23,24). The Morgan fingerprint density at radius 1 is 1.12 bits per heavy atom. The lowest BCUT2D eigenvalue weighted by molar-refractivity contribution is -0.153. The molecule has 2 rings (SSSR count). The lowest BCUT2D eigenvalue weighted by Crippen LogP contribution is -2.23. The van der Waals surface area contributed by atoms with E-state index in [0.717, 1.165) is 16.8 Å². The molecule has 25 heavy (non-hydrogen) atoms. The molecule has 134 valence electrons. The van der Waals surface area contributed by atoms with Crippen molar-refractivity contribution in [1.29, 1.82) is 0 Å². The van der Waals surface area contributed by atoms with Crippen molar-refractivity contribution in [2.75, 3.05) is 11.9 Å². The van der Waals surface area contributed by atoms with Crippen LogP contribution in [0.5, 0.6) is 5.75 Å². The van der Waals surface area contributed by atoms with Crippen LogP contribution >= 0.6 is 0 Å². The second-order valence-electron chi connectivity index (χ2n) is 5.71. The fourth-order valence-corrected chi connectivity index (χ4v) is 2.17. The Labute approximate surface area is 144 Å². The van der Waals surface area contributed by atoms with Crippen LogP contribution in [0.25, 0.3) is 0 Å². The van der Waals surface area contributed by atoms with Gasteiger partial charge in [-0.15, -0.1) is 0 Å². The van der Waals surface area contributed by atoms with Crippen LogP contribution < -0.4 is 15.8 Å². The molecule has 0 aliphatic carbocycles. The van der Waals surface area contributed by atoms with Crippen LogP contribution in [0.2, 0.25) is 0 Å². The van der Waals surface area contributed by atoms with Gasteiger partial charge in [-0.2, -0.15) is 13.2 Å². The van der Waals surface area contributed by atoms with Crippen LogP contribution in [0.3, 0.4) is 0 Å². The van der Waals surface area contributed by atoms with E-state index in [1.807, 2.05) is 31.2 Å². The normalized spacial score (nSPS) is 12.1. The Hall–Kier alpha value is -2.70. The first kappa shape index (κ1) is 18.6. The van der Waals surface area contributed by atoms with Crippen molar-refractivity contribution in [3.05, 3.63) is 59.2 Å². The highest BCUT2D eigenvalue weighted by molar-refractivity contribution is 5.92. The summed E-state index contributed by atoms with van der Waals surface area (Å²) in [5, 5.41) is 2.95. The highest BCUT2D eigenvalue weighted by Gasteiger charge is 2.28. The number of rotatable bonds is 5. The van der Waals surface area contributed by atoms with Crippen molar-refractivity contribution in [2.45, 2.75) is 26.6 Å². The zero-order valence-corrected chi connectivity index (χ0v) is 14.0. The monoisotopic (exact) mass is 351 g/mol. The number of benzene rings is 2. The van der Waals surface area contributed by atoms with Crippen LogP contribution in [0.4, 0.5) is 18.9 Å². The SMILES string of the molecule is Cc1cccc(NC(N)=NCc2ccc(C)cc2OCC(F)(F)F)c1. The molecule has 7 heteroatoms. The fraction of sp³-hybridized carbons (Fsp3) is 0.278. The number of aliphatic imine (C=N–C) groups is 1. The van der Waals surface area contributed by atoms with E-state index < -0.39 is 12.8 Å². The van der Waals surface area contributed by atoms with Crippen LogP contribution in [0.1, 0.15) is 16.7 Å². The van der Waals surface area contributed by atoms with Crippen molar-refractivity contribution in [3.63, 3.8) is 0 Å². The Morgan fingerprint density at radius 3 is 2.52 bits per heavy atom. The average Bonchev–Trinajstić information content (AvgIpc) is 2.51. The highest BCUT2D eigenvalue weighted by Crippen LogP contribution is 2.24. The number of hydrogen-bond acceptors (Lipinski definition) is 2. The van der Waals surface area contributed by atoms with Gasteiger partial charge in [0, 0.05) is 11.3 Å². The molecule has 0 bridgehead atoms. The van der Waals surface area contributed by atoms with Crippen LogP contribution in [0.15, 0.2) is 47.5 Å². The van der Waals surface area contributed by atoms with Gasteiger partial charge in [0.25, 0.3) is 0 Å². The molecular weight excluding hydrogens is 331 g/mol. The molecule has 0 unspecified atom stereocenters. The van der Waals surface area contributed by atoms with Gasteiger partial charge in [0.1, 0.15) is 5.75 Å². The van der Waals surface area contributed by atoms with E-state index in [9.17, 15) is 13.2 Å². The maximum absolute atomic E-state index is 12.4. The average molecular weight is 351 g/mol. The van der Waals surface area contributed by atoms with Gasteiger partial charge in [-0.1, -0.05) is 24.3 Å². The molecule has 3 N–H and O–H groups in total. The van der Waals surface area contributed by atoms with Gasteiger partial charge >= 0.3 is 6.18 Å². The molecule has 0 atom stereocenters. The Morgan fingerprint density at radius 2 is 1.84 bits per heavy atom. The van der Waals surface area contributed by atoms with Gasteiger partial charge in [0.2, 0.25) is 0 Å². The third kappa shape index (κ3) is 6.37. The van der Waals surface area contributed by atoms with Crippen molar-refractivity contribution in [2.24, 2.45) is 10.7 Å². The quantitative estimate of drug-likeness (QED) is 0.628. The van der Waals surface area contributed by atoms with E-state index in [1.54, 1.807) is 25.1 Å². The van der Waals surface area contributed by atoms with Crippen molar-refractivity contribution in [3.8, 4) is 5.75 Å². The van der Waals surface area contributed by atoms with Gasteiger partial charge in [0.05, 0.1) is 6.54 Å². The number of halogens is 3. The molecule has 0 saturated heterocycles. The lowest BCUT2D eigenvalue weighted by Gasteiger charge is -2.13. The van der Waals surface area contributed by atoms with E-state index in [4.69, 9.17) is 10.5 Å². The summed E-state index contributed by atoms with van der Waals surface area (Å²) >= 11 is 0. The zero-order valence-electron chi connectivity index (χ0n) is 14.0. The molecule has 2 aromatic carbocycles. The molecule has 0 aliphatic heterocycles. The smallest absolute Gasteiger partial charge is 0.422 e. The summed E-state index contributed by atoms with van der Waals surface area (Å²) in [7, 11) is 0. The van der Waals surface area contributed by atoms with Gasteiger partial charge in [0.15, 0.2) is 12.6 Å². The lowest BCUT2D eigenvalue weighted by atomic mass is 10.1. The molecule has 0 fully saturated rings. The molecule has 0 aromatic heterocycles. The van der Waals surface area contributed by atoms with E-state index in [-0.39, 0.29) is 18.3 Å². The minimum atomic E-state index is -4.39. The van der Waals surface area contributed by atoms with Gasteiger partial charge in [-0.3, -0.25) is 0 Å². The number of nitrogens with zero attached hydrogens (tertiary/aromatic N) is 1. The first-order chi connectivity index (χ1) is 11.7. The van der Waals surface area contributed by atoms with Crippen molar-refractivity contribution < 1.29 is 17.9 Å². The molecule has 0 radical (unpaired) electrons. The zero-order chi connectivity index (χ0) is 18.4. The van der Waals surface area contributed by atoms with Crippen LogP contribution in [0, 0.1) is 13.8 Å². The highest BCUT2D eigenvalue weighted by atomic mass is 19.4. The molecule has 0 spiro atoms. The predicted molar refractivity (Wildman–Crippen MR) is 92.9 cm³/mol. The number of anilines is 1. The van der Waals surface area contributed by atoms with Gasteiger partial charge in [-0.25, -0.2) is 4.99 Å². The number of nitrogens with two attached hydrogens (primary N) is 1. The first-order valence-corrected chi connectivity index (χ1v) is 7.65. The number of guanidine groups is 1. The molecule has 0 heterocycles. The van der Waals surface area contributed by atoms with Crippen LogP contribution in [-0.2, 0) is 6.54 Å². The summed E-state index contributed by atoms with van der Waals surface area (Å²) in [4.78, 5) is 4.18. The molecule has 0 amide bonds. The van der Waals surface area contributed by atoms with Crippen molar-refractivity contribution >= 4 is 11.6 Å². The number of ether oxygens (including phenoxy) is 1. The van der Waals surface area contributed by atoms with Crippen molar-refractivity contribution in [1.82, 2.24) is 0 Å². The maximum Gasteiger partial charge on any atom is 0.422 e. The minimum absolute atomic E-state index is 0.109. The number of alkyl halides is 3. The summed E-state index contributed by atoms with van der Waals surface area (Å²) < 4.78 is 42.0. The third-order valence-corrected chi connectivity index (χ3v) is 3.32. The summed E-state index contributed by atoms with van der Waals surface area (Å²) in [6.07, 6.45) is -4.39. The van der Waals surface area contributed by atoms with E-state index in [2.05, 4.69) is 10.3 Å². The Balaban J connectivity index is 2.08. The molecule has 4 nitrogen and oxygen atoms in total. The molecule has 2 aromatic rings. The second kappa shape index (κ2) is 7.92. The number of hydrogen-bond donors (Lipinski definition) is 2. The summed E-state index contributed by atoms with van der Waals surface area (Å²) in [6.45, 7) is 2.50. The number of nitrogens with one attached hydrogen (secondary N) is 1. The number of aryl methyl sites for hydroxylation is 2. The first-order valence-electron chi connectivity index (χ1n) is 7.65. The summed E-state index contributed by atoms with van der Waals surface area (Å²) in [5.74, 6) is 0.331. The Bertz CT molecular complexity index is 757. The summed E-state index contributed by atoms with van der Waals surface area (Å²) in [5.41, 5.74) is 9.04. The fourth-order valence-electron chi connectivity index (χ4n) is 2.17. The minimum Gasteiger partial charge on any atom is -0.484 e. The largest absolute Gasteiger partial charge is 0.484 e. The van der Waals surface area contributed by atoms with E-state index >= 15 is 0 Å². The maximum atomic E-state index is 12.4. The topological polar surface area (TPSA) is 59.6 Å². The molecular formula is C18H20F3N3O. The Kier molecular flexibility index (Phi) is 5.90. The third-order valence-electron chi connectivity index (χ3n) is 3.32. The molecule has 0 saturated carbocycles. The van der Waals surface area contributed by atoms with E-state index in [0.29, 0.717) is 5.56 Å². The van der Waals surface area contributed by atoms with Gasteiger partial charge < -0.3 is 15.8 Å².